The molecule has 78 valence electrons. The minimum absolute atomic E-state index is 0.0930. The molecule has 0 spiro atoms. The normalized spacial score (nSPS) is 23.8. The highest BCUT2D eigenvalue weighted by Gasteiger charge is 2.36. The summed E-state index contributed by atoms with van der Waals surface area (Å²) in [5.41, 5.74) is 1.20. The minimum Gasteiger partial charge on any atom is -0.410 e. The maximum Gasteiger partial charge on any atom is 0.282 e. The molecule has 1 aliphatic heterocycles. The molecule has 1 saturated heterocycles. The average molecular weight is 269 g/mol. The molecule has 0 aromatic heterocycles. The van der Waals surface area contributed by atoms with Gasteiger partial charge in [0, 0.05) is 6.42 Å². The fourth-order valence-electron chi connectivity index (χ4n) is 1.62. The number of rotatable bonds is 1. The van der Waals surface area contributed by atoms with Crippen molar-refractivity contribution in [1.29, 1.82) is 0 Å². The fourth-order valence-corrected chi connectivity index (χ4v) is 2.21. The number of hydrogen-bond donors (Lipinski definition) is 1. The van der Waals surface area contributed by atoms with Crippen LogP contribution in [0.5, 0.6) is 0 Å². The Labute approximate surface area is 95.5 Å². The third-order valence-corrected chi connectivity index (χ3v) is 3.22. The summed E-state index contributed by atoms with van der Waals surface area (Å²) in [6.07, 6.45) is 0.421. The first kappa shape index (κ1) is 10.2. The Morgan fingerprint density at radius 3 is 2.60 bits per heavy atom. The fraction of sp³-hybridized carbons (Fsp3) is 0.200. The molecular weight excluding hydrogens is 260 g/mol. The lowest BCUT2D eigenvalue weighted by molar-refractivity contribution is -0.118. The monoisotopic (exact) mass is 268 g/mol. The molecule has 1 aliphatic rings. The molecule has 1 fully saturated rings. The van der Waals surface area contributed by atoms with Gasteiger partial charge < -0.3 is 5.21 Å². The van der Waals surface area contributed by atoms with E-state index in [0.29, 0.717) is 6.42 Å². The van der Waals surface area contributed by atoms with Gasteiger partial charge in [-0.25, -0.2) is 0 Å². The Bertz CT molecular complexity index is 405. The van der Waals surface area contributed by atoms with Crippen molar-refractivity contribution >= 4 is 27.8 Å². The van der Waals surface area contributed by atoms with Crippen LogP contribution in [0.1, 0.15) is 18.0 Å². The lowest BCUT2D eigenvalue weighted by atomic mass is 10.1. The number of carbonyl (C=O) groups is 1. The summed E-state index contributed by atoms with van der Waals surface area (Å²) in [6, 6.07) is 9.52. The number of benzene rings is 1. The zero-order valence-corrected chi connectivity index (χ0v) is 9.39. The standard InChI is InChI=1S/C10H9BrN2O2/c11-13-9(6-8(12-15)10(13)14)7-4-2-1-3-5-7/h1-5,9,15H,6H2/b12-8-/t9-/m1/s1. The number of amides is 1. The largest absolute Gasteiger partial charge is 0.410 e. The molecule has 1 aromatic carbocycles. The summed E-state index contributed by atoms with van der Waals surface area (Å²) in [6.45, 7) is 0. The Kier molecular flexibility index (Phi) is 2.73. The highest BCUT2D eigenvalue weighted by molar-refractivity contribution is 9.07. The van der Waals surface area contributed by atoms with E-state index in [-0.39, 0.29) is 17.7 Å². The predicted molar refractivity (Wildman–Crippen MR) is 58.8 cm³/mol. The van der Waals surface area contributed by atoms with Crippen LogP contribution in [0.3, 0.4) is 0 Å². The second-order valence-corrected chi connectivity index (χ2v) is 4.06. The van der Waals surface area contributed by atoms with Crippen LogP contribution in [0.25, 0.3) is 0 Å². The molecule has 0 unspecified atom stereocenters. The molecule has 1 N–H and O–H groups in total. The lowest BCUT2D eigenvalue weighted by Crippen LogP contribution is -2.19. The third-order valence-electron chi connectivity index (χ3n) is 2.41. The van der Waals surface area contributed by atoms with Crippen molar-refractivity contribution < 1.29 is 10.0 Å². The van der Waals surface area contributed by atoms with Gasteiger partial charge >= 0.3 is 0 Å². The summed E-state index contributed by atoms with van der Waals surface area (Å²) < 4.78 is 1.41. The number of hydrogen-bond acceptors (Lipinski definition) is 3. The zero-order chi connectivity index (χ0) is 10.8. The SMILES string of the molecule is O=C1/C(=N\O)C[C@H](c2ccccc2)N1Br. The van der Waals surface area contributed by atoms with Crippen molar-refractivity contribution in [2.24, 2.45) is 5.16 Å². The summed E-state index contributed by atoms with van der Waals surface area (Å²) in [5, 5.41) is 11.6. The molecule has 1 amide bonds. The predicted octanol–water partition coefficient (Wildman–Crippen LogP) is 2.10. The summed E-state index contributed by atoms with van der Waals surface area (Å²) in [7, 11) is 0. The summed E-state index contributed by atoms with van der Waals surface area (Å²) in [5.74, 6) is -0.286. The second-order valence-electron chi connectivity index (χ2n) is 3.29. The molecule has 1 aromatic rings. The third kappa shape index (κ3) is 1.74. The maximum atomic E-state index is 11.5. The van der Waals surface area contributed by atoms with E-state index in [1.54, 1.807) is 0 Å². The highest BCUT2D eigenvalue weighted by atomic mass is 79.9. The van der Waals surface area contributed by atoms with Crippen molar-refractivity contribution in [3.63, 3.8) is 0 Å². The summed E-state index contributed by atoms with van der Waals surface area (Å²) >= 11 is 3.18. The van der Waals surface area contributed by atoms with E-state index in [4.69, 9.17) is 5.21 Å². The van der Waals surface area contributed by atoms with E-state index >= 15 is 0 Å². The quantitative estimate of drug-likeness (QED) is 0.482. The molecule has 1 heterocycles. The van der Waals surface area contributed by atoms with Crippen LogP contribution in [0.4, 0.5) is 0 Å². The average Bonchev–Trinajstić information content (AvgIpc) is 2.57. The molecule has 4 nitrogen and oxygen atoms in total. The molecule has 0 radical (unpaired) electrons. The van der Waals surface area contributed by atoms with E-state index in [1.165, 1.54) is 3.93 Å². The van der Waals surface area contributed by atoms with Crippen LogP contribution in [-0.2, 0) is 4.79 Å². The van der Waals surface area contributed by atoms with Crippen LogP contribution in [0.2, 0.25) is 0 Å². The van der Waals surface area contributed by atoms with E-state index in [1.807, 2.05) is 30.3 Å². The first-order valence-corrected chi connectivity index (χ1v) is 5.20. The molecule has 15 heavy (non-hydrogen) atoms. The van der Waals surface area contributed by atoms with E-state index in [9.17, 15) is 4.79 Å². The van der Waals surface area contributed by atoms with E-state index in [0.717, 1.165) is 5.56 Å². The first-order chi connectivity index (χ1) is 7.24. The number of carbonyl (C=O) groups excluding carboxylic acids is 1. The van der Waals surface area contributed by atoms with Crippen molar-refractivity contribution in [2.75, 3.05) is 0 Å². The van der Waals surface area contributed by atoms with Crippen molar-refractivity contribution in [2.45, 2.75) is 12.5 Å². The van der Waals surface area contributed by atoms with Gasteiger partial charge in [-0.15, -0.1) is 0 Å². The Morgan fingerprint density at radius 1 is 1.40 bits per heavy atom. The van der Waals surface area contributed by atoms with Crippen LogP contribution in [-0.4, -0.2) is 20.8 Å². The first-order valence-electron chi connectivity index (χ1n) is 4.49. The van der Waals surface area contributed by atoms with Crippen LogP contribution < -0.4 is 0 Å². The van der Waals surface area contributed by atoms with E-state index in [2.05, 4.69) is 21.3 Å². The number of halogens is 1. The Hall–Kier alpha value is -1.36. The maximum absolute atomic E-state index is 11.5. The Balaban J connectivity index is 2.30. The molecule has 0 aliphatic carbocycles. The highest BCUT2D eigenvalue weighted by Crippen LogP contribution is 2.33. The Morgan fingerprint density at radius 2 is 2.07 bits per heavy atom. The minimum atomic E-state index is -0.286. The zero-order valence-electron chi connectivity index (χ0n) is 7.80. The van der Waals surface area contributed by atoms with Crippen molar-refractivity contribution in [1.82, 2.24) is 3.93 Å². The van der Waals surface area contributed by atoms with Crippen LogP contribution >= 0.6 is 16.1 Å². The molecule has 0 saturated carbocycles. The lowest BCUT2D eigenvalue weighted by Gasteiger charge is -2.16. The van der Waals surface area contributed by atoms with Crippen LogP contribution in [0, 0.1) is 0 Å². The summed E-state index contributed by atoms with van der Waals surface area (Å²) in [4.78, 5) is 11.5. The van der Waals surface area contributed by atoms with Crippen molar-refractivity contribution in [3.8, 4) is 0 Å². The van der Waals surface area contributed by atoms with Gasteiger partial charge in [0.05, 0.1) is 22.2 Å². The van der Waals surface area contributed by atoms with Gasteiger partial charge in [-0.3, -0.25) is 8.72 Å². The molecule has 1 atom stereocenters. The van der Waals surface area contributed by atoms with Gasteiger partial charge in [0.1, 0.15) is 5.71 Å². The van der Waals surface area contributed by atoms with Crippen LogP contribution in [0.15, 0.2) is 35.5 Å². The topological polar surface area (TPSA) is 52.9 Å². The number of oxime groups is 1. The van der Waals surface area contributed by atoms with Gasteiger partial charge in [0.25, 0.3) is 5.91 Å². The molecule has 5 heteroatoms. The molecular formula is C10H9BrN2O2. The smallest absolute Gasteiger partial charge is 0.282 e. The molecule has 2 rings (SSSR count). The van der Waals surface area contributed by atoms with Gasteiger partial charge in [-0.1, -0.05) is 35.5 Å². The van der Waals surface area contributed by atoms with Gasteiger partial charge in [0.2, 0.25) is 0 Å². The second kappa shape index (κ2) is 4.02. The van der Waals surface area contributed by atoms with E-state index < -0.39 is 0 Å². The number of nitrogens with zero attached hydrogens (tertiary/aromatic N) is 2. The van der Waals surface area contributed by atoms with Gasteiger partial charge in [-0.05, 0) is 5.56 Å². The molecule has 0 bridgehead atoms. The van der Waals surface area contributed by atoms with Gasteiger partial charge in [0.15, 0.2) is 0 Å². The van der Waals surface area contributed by atoms with Crippen molar-refractivity contribution in [3.05, 3.63) is 35.9 Å². The van der Waals surface area contributed by atoms with Gasteiger partial charge in [-0.2, -0.15) is 0 Å².